The summed E-state index contributed by atoms with van der Waals surface area (Å²) in [6.45, 7) is 1.43. The Hall–Kier alpha value is -5.10. The predicted molar refractivity (Wildman–Crippen MR) is 147 cm³/mol. The van der Waals surface area contributed by atoms with Crippen LogP contribution in [-0.4, -0.2) is 16.0 Å². The van der Waals surface area contributed by atoms with Crippen LogP contribution in [0.3, 0.4) is 0 Å². The van der Waals surface area contributed by atoms with Crippen LogP contribution in [0.15, 0.2) is 121 Å². The van der Waals surface area contributed by atoms with E-state index >= 15 is 0 Å². The number of benzene rings is 4. The number of carbonyl (C=O) groups is 1. The minimum Gasteiger partial charge on any atom is -0.507 e. The molecule has 6 nitrogen and oxygen atoms in total. The van der Waals surface area contributed by atoms with Crippen LogP contribution in [-0.2, 0) is 15.3 Å². The number of para-hydroxylation sites is 1. The molecule has 6 rings (SSSR count). The van der Waals surface area contributed by atoms with Gasteiger partial charge in [-0.2, -0.15) is 0 Å². The first-order valence-electron chi connectivity index (χ1n) is 12.3. The summed E-state index contributed by atoms with van der Waals surface area (Å²) in [5.41, 5.74) is 3.42. The first-order valence-corrected chi connectivity index (χ1v) is 12.3. The van der Waals surface area contributed by atoms with Crippen molar-refractivity contribution in [1.29, 1.82) is 0 Å². The average Bonchev–Trinajstić information content (AvgIpc) is 3.33. The van der Waals surface area contributed by atoms with Crippen molar-refractivity contribution in [1.82, 2.24) is 15.6 Å². The van der Waals surface area contributed by atoms with E-state index in [0.29, 0.717) is 11.3 Å². The quantitative estimate of drug-likeness (QED) is 0.281. The van der Waals surface area contributed by atoms with E-state index in [9.17, 15) is 9.90 Å². The zero-order valence-corrected chi connectivity index (χ0v) is 20.7. The summed E-state index contributed by atoms with van der Waals surface area (Å²) in [7, 11) is 0. The number of pyridine rings is 1. The highest BCUT2D eigenvalue weighted by Crippen LogP contribution is 2.44. The lowest BCUT2D eigenvalue weighted by molar-refractivity contribution is -0.119. The van der Waals surface area contributed by atoms with E-state index in [4.69, 9.17) is 4.74 Å². The van der Waals surface area contributed by atoms with Gasteiger partial charge in [0.15, 0.2) is 0 Å². The monoisotopic (exact) mass is 499 g/mol. The number of phenols is 1. The van der Waals surface area contributed by atoms with Crippen molar-refractivity contribution in [2.45, 2.75) is 12.6 Å². The van der Waals surface area contributed by atoms with E-state index in [0.717, 1.165) is 22.3 Å². The van der Waals surface area contributed by atoms with E-state index in [-0.39, 0.29) is 17.5 Å². The number of rotatable bonds is 5. The fourth-order valence-electron chi connectivity index (χ4n) is 4.87. The molecule has 38 heavy (non-hydrogen) atoms. The van der Waals surface area contributed by atoms with Crippen molar-refractivity contribution >= 4 is 22.4 Å². The lowest BCUT2D eigenvalue weighted by Crippen LogP contribution is -2.40. The standard InChI is InChI=1S/C32H25N3O3/c1-21(36)34-31-30(26-9-6-18-33-20-26)35-32(38-31,28-10-4-5-11-29(28)37)27-16-14-23(15-17-27)25-13-12-22-7-2-3-8-24(22)19-25/h2-20,35,37H,1H3,(H,34,36). The average molecular weight is 500 g/mol. The molecule has 0 spiro atoms. The van der Waals surface area contributed by atoms with E-state index in [1.165, 1.54) is 17.7 Å². The van der Waals surface area contributed by atoms with Gasteiger partial charge < -0.3 is 15.2 Å². The van der Waals surface area contributed by atoms with Crippen molar-refractivity contribution in [2.75, 3.05) is 0 Å². The van der Waals surface area contributed by atoms with Gasteiger partial charge in [0.25, 0.3) is 0 Å². The second-order valence-corrected chi connectivity index (χ2v) is 9.19. The number of nitrogens with zero attached hydrogens (tertiary/aromatic N) is 1. The first-order chi connectivity index (χ1) is 18.5. The number of fused-ring (bicyclic) bond motifs is 1. The predicted octanol–water partition coefficient (Wildman–Crippen LogP) is 5.89. The number of nitrogens with one attached hydrogen (secondary N) is 2. The van der Waals surface area contributed by atoms with Crippen LogP contribution >= 0.6 is 0 Å². The molecule has 1 aliphatic heterocycles. The van der Waals surface area contributed by atoms with Crippen LogP contribution in [0.5, 0.6) is 5.75 Å². The van der Waals surface area contributed by atoms with E-state index in [2.05, 4.69) is 45.9 Å². The van der Waals surface area contributed by atoms with Crippen molar-refractivity contribution in [2.24, 2.45) is 0 Å². The molecule has 2 heterocycles. The highest BCUT2D eigenvalue weighted by atomic mass is 16.5. The van der Waals surface area contributed by atoms with Crippen LogP contribution in [0.2, 0.25) is 0 Å². The smallest absolute Gasteiger partial charge is 0.239 e. The van der Waals surface area contributed by atoms with Crippen LogP contribution in [0.25, 0.3) is 27.6 Å². The summed E-state index contributed by atoms with van der Waals surface area (Å²) in [6, 6.07) is 33.4. The van der Waals surface area contributed by atoms with Gasteiger partial charge in [-0.1, -0.05) is 72.8 Å². The van der Waals surface area contributed by atoms with Crippen molar-refractivity contribution in [3.8, 4) is 16.9 Å². The Bertz CT molecular complexity index is 1680. The lowest BCUT2D eigenvalue weighted by atomic mass is 9.91. The van der Waals surface area contributed by atoms with Crippen LogP contribution in [0, 0.1) is 0 Å². The topological polar surface area (TPSA) is 83.5 Å². The molecular formula is C32H25N3O3. The second-order valence-electron chi connectivity index (χ2n) is 9.19. The molecule has 0 fully saturated rings. The molecule has 1 aliphatic rings. The van der Waals surface area contributed by atoms with Crippen molar-refractivity contribution in [3.05, 3.63) is 138 Å². The molecule has 1 aromatic heterocycles. The van der Waals surface area contributed by atoms with Crippen LogP contribution < -0.4 is 10.6 Å². The minimum atomic E-state index is -1.30. The molecule has 5 aromatic rings. The third kappa shape index (κ3) is 4.12. The largest absolute Gasteiger partial charge is 0.507 e. The summed E-state index contributed by atoms with van der Waals surface area (Å²) in [4.78, 5) is 16.3. The number of aromatic hydroxyl groups is 1. The summed E-state index contributed by atoms with van der Waals surface area (Å²) < 4.78 is 6.53. The third-order valence-electron chi connectivity index (χ3n) is 6.68. The maximum atomic E-state index is 12.1. The van der Waals surface area contributed by atoms with Gasteiger partial charge in [0, 0.05) is 30.4 Å². The van der Waals surface area contributed by atoms with Gasteiger partial charge in [-0.3, -0.25) is 15.1 Å². The molecule has 6 heteroatoms. The molecule has 0 bridgehead atoms. The van der Waals surface area contributed by atoms with Gasteiger partial charge in [-0.05, 0) is 52.2 Å². The molecule has 1 unspecified atom stereocenters. The molecule has 0 radical (unpaired) electrons. The first kappa shape index (κ1) is 23.3. The highest BCUT2D eigenvalue weighted by molar-refractivity contribution is 5.87. The summed E-state index contributed by atoms with van der Waals surface area (Å²) >= 11 is 0. The molecular weight excluding hydrogens is 474 g/mol. The summed E-state index contributed by atoms with van der Waals surface area (Å²) in [5, 5.41) is 19.6. The Balaban J connectivity index is 1.46. The molecule has 1 atom stereocenters. The van der Waals surface area contributed by atoms with Crippen LogP contribution in [0.1, 0.15) is 23.6 Å². The number of ether oxygens (including phenoxy) is 1. The van der Waals surface area contributed by atoms with E-state index in [1.54, 1.807) is 30.6 Å². The number of hydrogen-bond acceptors (Lipinski definition) is 5. The molecule has 0 saturated carbocycles. The van der Waals surface area contributed by atoms with Gasteiger partial charge in [0.05, 0.1) is 5.56 Å². The Morgan fingerprint density at radius 2 is 1.58 bits per heavy atom. The zero-order valence-electron chi connectivity index (χ0n) is 20.7. The van der Waals surface area contributed by atoms with E-state index in [1.807, 2.05) is 54.6 Å². The number of phenolic OH excluding ortho intramolecular Hbond substituents is 1. The Morgan fingerprint density at radius 3 is 2.32 bits per heavy atom. The maximum absolute atomic E-state index is 12.1. The lowest BCUT2D eigenvalue weighted by Gasteiger charge is -2.32. The Labute approximate surface area is 220 Å². The zero-order chi connectivity index (χ0) is 26.1. The van der Waals surface area contributed by atoms with Crippen molar-refractivity contribution < 1.29 is 14.6 Å². The second kappa shape index (κ2) is 9.41. The molecule has 0 saturated heterocycles. The van der Waals surface area contributed by atoms with Gasteiger partial charge in [0.1, 0.15) is 11.4 Å². The fraction of sp³-hybridized carbons (Fsp3) is 0.0625. The third-order valence-corrected chi connectivity index (χ3v) is 6.68. The van der Waals surface area contributed by atoms with Gasteiger partial charge in [-0.25, -0.2) is 0 Å². The molecule has 1 amide bonds. The van der Waals surface area contributed by atoms with Gasteiger partial charge in [0.2, 0.25) is 17.5 Å². The highest BCUT2D eigenvalue weighted by Gasteiger charge is 2.46. The summed E-state index contributed by atoms with van der Waals surface area (Å²) in [6.07, 6.45) is 3.37. The minimum absolute atomic E-state index is 0.0632. The normalized spacial score (nSPS) is 16.7. The van der Waals surface area contributed by atoms with Gasteiger partial charge in [-0.15, -0.1) is 0 Å². The molecule has 186 valence electrons. The molecule has 0 aliphatic carbocycles. The van der Waals surface area contributed by atoms with Gasteiger partial charge >= 0.3 is 0 Å². The number of carbonyl (C=O) groups excluding carboxylic acids is 1. The number of hydrogen-bond donors (Lipinski definition) is 3. The maximum Gasteiger partial charge on any atom is 0.239 e. The van der Waals surface area contributed by atoms with Crippen LogP contribution in [0.4, 0.5) is 0 Å². The van der Waals surface area contributed by atoms with Crippen molar-refractivity contribution in [3.63, 3.8) is 0 Å². The Kier molecular flexibility index (Phi) is 5.77. The summed E-state index contributed by atoms with van der Waals surface area (Å²) in [5.74, 6) is 0.0449. The number of aromatic nitrogens is 1. The Morgan fingerprint density at radius 1 is 0.842 bits per heavy atom. The molecule has 4 aromatic carbocycles. The molecule has 3 N–H and O–H groups in total. The fourth-order valence-corrected chi connectivity index (χ4v) is 4.87. The SMILES string of the molecule is CC(=O)NC1=C(c2cccnc2)NC(c2ccc(-c3ccc4ccccc4c3)cc2)(c2ccccc2O)O1. The van der Waals surface area contributed by atoms with E-state index < -0.39 is 5.72 Å². The number of amides is 1.